The molecular formula is C17H26N2O5S. The van der Waals surface area contributed by atoms with Crippen LogP contribution in [-0.2, 0) is 14.6 Å². The number of nitrogens with one attached hydrogen (secondary N) is 1. The van der Waals surface area contributed by atoms with E-state index in [-0.39, 0.29) is 28.0 Å². The zero-order valence-electron chi connectivity index (χ0n) is 15.1. The van der Waals surface area contributed by atoms with Gasteiger partial charge in [-0.3, -0.25) is 10.1 Å². The third-order valence-electron chi connectivity index (χ3n) is 4.45. The molecule has 2 unspecified atom stereocenters. The fraction of sp³-hybridized carbons (Fsp3) is 0.647. The number of nitro groups is 1. The van der Waals surface area contributed by atoms with E-state index in [1.165, 1.54) is 12.1 Å². The Balaban J connectivity index is 2.21. The van der Waals surface area contributed by atoms with Crippen LogP contribution in [0.15, 0.2) is 23.1 Å². The van der Waals surface area contributed by atoms with E-state index < -0.39 is 14.8 Å². The average Bonchev–Trinajstić information content (AvgIpc) is 2.51. The zero-order chi connectivity index (χ0) is 18.8. The van der Waals surface area contributed by atoms with Crippen LogP contribution in [0.25, 0.3) is 0 Å². The summed E-state index contributed by atoms with van der Waals surface area (Å²) in [5, 5.41) is 14.5. The lowest BCUT2D eigenvalue weighted by molar-refractivity contribution is -0.384. The predicted molar refractivity (Wildman–Crippen MR) is 96.6 cm³/mol. The lowest BCUT2D eigenvalue weighted by atomic mass is 9.78. The number of nitro benzene ring substituents is 1. The molecule has 1 aliphatic rings. The summed E-state index contributed by atoms with van der Waals surface area (Å²) in [5.41, 5.74) is 0.0846. The number of rotatable bonds is 5. The Labute approximate surface area is 148 Å². The molecule has 0 radical (unpaired) electrons. The van der Waals surface area contributed by atoms with Crippen molar-refractivity contribution in [3.05, 3.63) is 28.3 Å². The van der Waals surface area contributed by atoms with Crippen molar-refractivity contribution >= 4 is 21.2 Å². The SMILES string of the molecule is CC(C)(C)C1OCCCC1CNc1ccc(S(C)(=O)=O)cc1[N+](=O)[O-]. The second kappa shape index (κ2) is 7.29. The highest BCUT2D eigenvalue weighted by atomic mass is 32.2. The molecule has 0 spiro atoms. The maximum absolute atomic E-state index is 11.6. The van der Waals surface area contributed by atoms with Crippen LogP contribution in [-0.4, -0.2) is 38.9 Å². The minimum Gasteiger partial charge on any atom is -0.379 e. The van der Waals surface area contributed by atoms with Crippen molar-refractivity contribution < 1.29 is 18.1 Å². The molecule has 0 aliphatic carbocycles. The molecule has 2 atom stereocenters. The summed E-state index contributed by atoms with van der Waals surface area (Å²) in [4.78, 5) is 10.7. The van der Waals surface area contributed by atoms with E-state index in [0.717, 1.165) is 31.8 Å². The highest BCUT2D eigenvalue weighted by molar-refractivity contribution is 7.90. The van der Waals surface area contributed by atoms with Gasteiger partial charge in [0.15, 0.2) is 9.84 Å². The first-order chi connectivity index (χ1) is 11.5. The Hall–Kier alpha value is -1.67. The summed E-state index contributed by atoms with van der Waals surface area (Å²) in [5.74, 6) is 0.239. The maximum Gasteiger partial charge on any atom is 0.293 e. The molecule has 140 valence electrons. The molecule has 2 rings (SSSR count). The van der Waals surface area contributed by atoms with Gasteiger partial charge in [-0.2, -0.15) is 0 Å². The van der Waals surface area contributed by atoms with Crippen LogP contribution in [0.1, 0.15) is 33.6 Å². The largest absolute Gasteiger partial charge is 0.379 e. The summed E-state index contributed by atoms with van der Waals surface area (Å²) in [6.07, 6.45) is 3.06. The van der Waals surface area contributed by atoms with E-state index in [4.69, 9.17) is 4.74 Å². The standard InChI is InChI=1S/C17H26N2O5S/c1-17(2,3)16-12(6-5-9-24-16)11-18-14-8-7-13(25(4,22)23)10-15(14)19(20)21/h7-8,10,12,16,18H,5-6,9,11H2,1-4H3. The van der Waals surface area contributed by atoms with Crippen molar-refractivity contribution in [2.24, 2.45) is 11.3 Å². The molecule has 0 aromatic heterocycles. The molecule has 8 heteroatoms. The second-order valence-electron chi connectivity index (χ2n) is 7.65. The molecule has 7 nitrogen and oxygen atoms in total. The molecule has 0 bridgehead atoms. The third kappa shape index (κ3) is 4.92. The molecule has 1 N–H and O–H groups in total. The Kier molecular flexibility index (Phi) is 5.73. The Morgan fingerprint density at radius 2 is 2.04 bits per heavy atom. The van der Waals surface area contributed by atoms with E-state index in [1.54, 1.807) is 0 Å². The first-order valence-corrected chi connectivity index (χ1v) is 10.2. The summed E-state index contributed by atoms with van der Waals surface area (Å²) in [7, 11) is -3.49. The van der Waals surface area contributed by atoms with Gasteiger partial charge >= 0.3 is 0 Å². The van der Waals surface area contributed by atoms with Gasteiger partial charge in [0.25, 0.3) is 5.69 Å². The van der Waals surface area contributed by atoms with Gasteiger partial charge in [-0.25, -0.2) is 8.42 Å². The van der Waals surface area contributed by atoms with Crippen LogP contribution in [0.5, 0.6) is 0 Å². The van der Waals surface area contributed by atoms with Crippen molar-refractivity contribution in [2.75, 3.05) is 24.7 Å². The Morgan fingerprint density at radius 3 is 2.60 bits per heavy atom. The predicted octanol–water partition coefficient (Wildman–Crippen LogP) is 3.25. The lowest BCUT2D eigenvalue weighted by Crippen LogP contribution is -2.42. The molecular weight excluding hydrogens is 344 g/mol. The zero-order valence-corrected chi connectivity index (χ0v) is 15.9. The molecule has 1 fully saturated rings. The summed E-state index contributed by atoms with van der Waals surface area (Å²) < 4.78 is 29.2. The minimum atomic E-state index is -3.49. The first kappa shape index (κ1) is 19.7. The number of sulfone groups is 1. The van der Waals surface area contributed by atoms with Gasteiger partial charge in [-0.1, -0.05) is 20.8 Å². The van der Waals surface area contributed by atoms with Gasteiger partial charge in [0.05, 0.1) is 15.9 Å². The van der Waals surface area contributed by atoms with E-state index in [2.05, 4.69) is 26.1 Å². The number of anilines is 1. The Bertz CT molecular complexity index is 740. The van der Waals surface area contributed by atoms with Crippen LogP contribution < -0.4 is 5.32 Å². The van der Waals surface area contributed by atoms with Crippen molar-refractivity contribution in [1.82, 2.24) is 0 Å². The normalized spacial score (nSPS) is 21.8. The summed E-state index contributed by atoms with van der Waals surface area (Å²) >= 11 is 0. The monoisotopic (exact) mass is 370 g/mol. The highest BCUT2D eigenvalue weighted by Gasteiger charge is 2.35. The molecule has 25 heavy (non-hydrogen) atoms. The van der Waals surface area contributed by atoms with Gasteiger partial charge in [-0.15, -0.1) is 0 Å². The fourth-order valence-corrected chi connectivity index (χ4v) is 3.93. The average molecular weight is 370 g/mol. The van der Waals surface area contributed by atoms with Crippen molar-refractivity contribution in [2.45, 2.75) is 44.6 Å². The van der Waals surface area contributed by atoms with Crippen molar-refractivity contribution in [1.29, 1.82) is 0 Å². The summed E-state index contributed by atoms with van der Waals surface area (Å²) in [6.45, 7) is 7.65. The highest BCUT2D eigenvalue weighted by Crippen LogP contribution is 2.35. The topological polar surface area (TPSA) is 98.5 Å². The van der Waals surface area contributed by atoms with Crippen LogP contribution in [0.2, 0.25) is 0 Å². The van der Waals surface area contributed by atoms with Crippen LogP contribution in [0.4, 0.5) is 11.4 Å². The minimum absolute atomic E-state index is 0.0150. The van der Waals surface area contributed by atoms with Gasteiger partial charge in [0.2, 0.25) is 0 Å². The maximum atomic E-state index is 11.6. The molecule has 0 amide bonds. The molecule has 0 saturated carbocycles. The van der Waals surface area contributed by atoms with Crippen LogP contribution >= 0.6 is 0 Å². The molecule has 1 saturated heterocycles. The van der Waals surface area contributed by atoms with E-state index >= 15 is 0 Å². The fourth-order valence-electron chi connectivity index (χ4n) is 3.29. The number of nitrogens with zero attached hydrogens (tertiary/aromatic N) is 1. The molecule has 1 heterocycles. The van der Waals surface area contributed by atoms with Crippen molar-refractivity contribution in [3.63, 3.8) is 0 Å². The van der Waals surface area contributed by atoms with Gasteiger partial charge in [-0.05, 0) is 30.4 Å². The number of benzene rings is 1. The van der Waals surface area contributed by atoms with E-state index in [1.807, 2.05) is 0 Å². The van der Waals surface area contributed by atoms with E-state index in [0.29, 0.717) is 12.2 Å². The smallest absolute Gasteiger partial charge is 0.293 e. The quantitative estimate of drug-likeness (QED) is 0.631. The number of hydrogen-bond acceptors (Lipinski definition) is 6. The van der Waals surface area contributed by atoms with Gasteiger partial charge < -0.3 is 10.1 Å². The Morgan fingerprint density at radius 1 is 1.36 bits per heavy atom. The van der Waals surface area contributed by atoms with E-state index in [9.17, 15) is 18.5 Å². The molecule has 1 aromatic carbocycles. The van der Waals surface area contributed by atoms with Crippen LogP contribution in [0.3, 0.4) is 0 Å². The molecule has 1 aromatic rings. The molecule has 1 aliphatic heterocycles. The number of ether oxygens (including phenoxy) is 1. The van der Waals surface area contributed by atoms with Gasteiger partial charge in [0.1, 0.15) is 5.69 Å². The van der Waals surface area contributed by atoms with Gasteiger partial charge in [0, 0.05) is 31.4 Å². The van der Waals surface area contributed by atoms with Crippen LogP contribution in [0, 0.1) is 21.4 Å². The third-order valence-corrected chi connectivity index (χ3v) is 5.56. The lowest BCUT2D eigenvalue weighted by Gasteiger charge is -2.40. The van der Waals surface area contributed by atoms with Crippen molar-refractivity contribution in [3.8, 4) is 0 Å². The summed E-state index contributed by atoms with van der Waals surface area (Å²) in [6, 6.07) is 3.96. The second-order valence-corrected chi connectivity index (χ2v) is 9.66. The number of hydrogen-bond donors (Lipinski definition) is 1. The first-order valence-electron chi connectivity index (χ1n) is 8.34.